The molecule has 0 bridgehead atoms. The van der Waals surface area contributed by atoms with Gasteiger partial charge < -0.3 is 9.88 Å². The van der Waals surface area contributed by atoms with Gasteiger partial charge in [0.25, 0.3) is 0 Å². The quantitative estimate of drug-likeness (QED) is 0.537. The van der Waals surface area contributed by atoms with Crippen molar-refractivity contribution in [3.63, 3.8) is 0 Å². The van der Waals surface area contributed by atoms with E-state index in [1.165, 1.54) is 13.3 Å². The van der Waals surface area contributed by atoms with E-state index < -0.39 is 0 Å². The standard InChI is InChI=1S/C20H15ClN4O/c1-13(26)24-15-9-7-14(8-10-15)17-11-25(16-5-3-2-4-6-16)19-18(17)22-12-23-20(19)21/h2-12H,1H3,(H,24,26). The van der Waals surface area contributed by atoms with Crippen LogP contribution in [0.1, 0.15) is 6.92 Å². The molecule has 0 fully saturated rings. The third-order valence-electron chi connectivity index (χ3n) is 4.08. The Balaban J connectivity index is 1.89. The summed E-state index contributed by atoms with van der Waals surface area (Å²) in [4.78, 5) is 19.8. The smallest absolute Gasteiger partial charge is 0.221 e. The molecule has 0 saturated heterocycles. The van der Waals surface area contributed by atoms with Crippen LogP contribution in [0.25, 0.3) is 27.8 Å². The van der Waals surface area contributed by atoms with Gasteiger partial charge in [0, 0.05) is 30.1 Å². The molecule has 4 rings (SSSR count). The summed E-state index contributed by atoms with van der Waals surface area (Å²) < 4.78 is 1.99. The number of benzene rings is 2. The van der Waals surface area contributed by atoms with Crippen molar-refractivity contribution in [2.45, 2.75) is 6.92 Å². The summed E-state index contributed by atoms with van der Waals surface area (Å²) in [5.41, 5.74) is 5.20. The van der Waals surface area contributed by atoms with Crippen LogP contribution in [-0.2, 0) is 4.79 Å². The van der Waals surface area contributed by atoms with Crippen LogP contribution in [0, 0.1) is 0 Å². The zero-order valence-corrected chi connectivity index (χ0v) is 14.7. The average molecular weight is 363 g/mol. The molecule has 6 heteroatoms. The number of aromatic nitrogens is 3. The molecule has 1 amide bonds. The summed E-state index contributed by atoms with van der Waals surface area (Å²) in [5, 5.41) is 3.17. The summed E-state index contributed by atoms with van der Waals surface area (Å²) in [6, 6.07) is 17.6. The second-order valence-corrected chi connectivity index (χ2v) is 6.23. The van der Waals surface area contributed by atoms with E-state index in [9.17, 15) is 4.79 Å². The third-order valence-corrected chi connectivity index (χ3v) is 4.36. The van der Waals surface area contributed by atoms with Crippen molar-refractivity contribution in [3.8, 4) is 16.8 Å². The highest BCUT2D eigenvalue weighted by Gasteiger charge is 2.16. The first-order chi connectivity index (χ1) is 12.6. The predicted octanol–water partition coefficient (Wildman–Crippen LogP) is 4.70. The van der Waals surface area contributed by atoms with Crippen LogP contribution in [0.4, 0.5) is 5.69 Å². The Labute approximate surface area is 155 Å². The molecule has 2 aromatic heterocycles. The molecule has 1 N–H and O–H groups in total. The predicted molar refractivity (Wildman–Crippen MR) is 104 cm³/mol. The van der Waals surface area contributed by atoms with Gasteiger partial charge in [0.15, 0.2) is 5.15 Å². The number of hydrogen-bond acceptors (Lipinski definition) is 3. The Morgan fingerprint density at radius 2 is 1.77 bits per heavy atom. The normalized spacial score (nSPS) is 10.8. The number of carbonyl (C=O) groups excluding carboxylic acids is 1. The molecule has 2 aromatic carbocycles. The maximum atomic E-state index is 11.2. The molecule has 0 spiro atoms. The second-order valence-electron chi connectivity index (χ2n) is 5.87. The molecule has 0 atom stereocenters. The van der Waals surface area contributed by atoms with Crippen LogP contribution >= 0.6 is 11.6 Å². The minimum atomic E-state index is -0.0991. The molecule has 0 radical (unpaired) electrons. The van der Waals surface area contributed by atoms with Gasteiger partial charge in [-0.3, -0.25) is 4.79 Å². The van der Waals surface area contributed by atoms with Crippen molar-refractivity contribution in [2.75, 3.05) is 5.32 Å². The zero-order valence-electron chi connectivity index (χ0n) is 14.0. The van der Waals surface area contributed by atoms with Crippen LogP contribution in [0.5, 0.6) is 0 Å². The highest BCUT2D eigenvalue weighted by Crippen LogP contribution is 2.34. The van der Waals surface area contributed by atoms with E-state index in [0.717, 1.165) is 33.5 Å². The number of halogens is 1. The first-order valence-corrected chi connectivity index (χ1v) is 8.46. The molecule has 0 aliphatic carbocycles. The molecule has 0 aliphatic heterocycles. The maximum absolute atomic E-state index is 11.2. The third kappa shape index (κ3) is 2.93. The number of carbonyl (C=O) groups is 1. The van der Waals surface area contributed by atoms with Gasteiger partial charge >= 0.3 is 0 Å². The molecule has 0 unspecified atom stereocenters. The SMILES string of the molecule is CC(=O)Nc1ccc(-c2cn(-c3ccccc3)c3c(Cl)ncnc23)cc1. The van der Waals surface area contributed by atoms with Crippen molar-refractivity contribution in [1.82, 2.24) is 14.5 Å². The molecule has 5 nitrogen and oxygen atoms in total. The number of nitrogens with one attached hydrogen (secondary N) is 1. The van der Waals surface area contributed by atoms with Gasteiger partial charge in [-0.05, 0) is 29.8 Å². The van der Waals surface area contributed by atoms with Crippen LogP contribution in [0.15, 0.2) is 67.1 Å². The summed E-state index contributed by atoms with van der Waals surface area (Å²) in [6.45, 7) is 1.49. The largest absolute Gasteiger partial charge is 0.326 e. The fourth-order valence-corrected chi connectivity index (χ4v) is 3.19. The number of hydrogen-bond donors (Lipinski definition) is 1. The van der Waals surface area contributed by atoms with Crippen molar-refractivity contribution in [2.24, 2.45) is 0 Å². The van der Waals surface area contributed by atoms with E-state index in [2.05, 4.69) is 15.3 Å². The van der Waals surface area contributed by atoms with Crippen molar-refractivity contribution in [3.05, 3.63) is 72.3 Å². The highest BCUT2D eigenvalue weighted by atomic mass is 35.5. The molecular formula is C20H15ClN4O. The Morgan fingerprint density at radius 3 is 2.46 bits per heavy atom. The van der Waals surface area contributed by atoms with Gasteiger partial charge in [0.1, 0.15) is 17.4 Å². The molecule has 2 heterocycles. The Kier molecular flexibility index (Phi) is 4.14. The molecule has 26 heavy (non-hydrogen) atoms. The molecule has 128 valence electrons. The van der Waals surface area contributed by atoms with Crippen LogP contribution in [-0.4, -0.2) is 20.4 Å². The highest BCUT2D eigenvalue weighted by molar-refractivity contribution is 6.34. The van der Waals surface area contributed by atoms with Crippen molar-refractivity contribution >= 4 is 34.2 Å². The number of nitrogens with zero attached hydrogens (tertiary/aromatic N) is 3. The summed E-state index contributed by atoms with van der Waals surface area (Å²) in [6.07, 6.45) is 3.48. The monoisotopic (exact) mass is 362 g/mol. The first-order valence-electron chi connectivity index (χ1n) is 8.08. The lowest BCUT2D eigenvalue weighted by atomic mass is 10.1. The van der Waals surface area contributed by atoms with E-state index in [1.54, 1.807) is 0 Å². The molecule has 0 aliphatic rings. The van der Waals surface area contributed by atoms with E-state index in [1.807, 2.05) is 65.4 Å². The lowest BCUT2D eigenvalue weighted by Crippen LogP contribution is -2.05. The molecule has 0 saturated carbocycles. The van der Waals surface area contributed by atoms with Crippen LogP contribution in [0.2, 0.25) is 5.15 Å². The van der Waals surface area contributed by atoms with Crippen LogP contribution < -0.4 is 5.32 Å². The van der Waals surface area contributed by atoms with Crippen molar-refractivity contribution < 1.29 is 4.79 Å². The zero-order chi connectivity index (χ0) is 18.1. The Morgan fingerprint density at radius 1 is 1.04 bits per heavy atom. The summed E-state index contributed by atoms with van der Waals surface area (Å²) >= 11 is 6.38. The first kappa shape index (κ1) is 16.3. The minimum Gasteiger partial charge on any atom is -0.326 e. The van der Waals surface area contributed by atoms with E-state index in [-0.39, 0.29) is 5.91 Å². The second kappa shape index (κ2) is 6.61. The Hall–Kier alpha value is -3.18. The fourth-order valence-electron chi connectivity index (χ4n) is 2.96. The van der Waals surface area contributed by atoms with Gasteiger partial charge in [0.2, 0.25) is 5.91 Å². The topological polar surface area (TPSA) is 59.8 Å². The van der Waals surface area contributed by atoms with Crippen LogP contribution in [0.3, 0.4) is 0 Å². The maximum Gasteiger partial charge on any atom is 0.221 e. The average Bonchev–Trinajstić information content (AvgIpc) is 3.04. The van der Waals surface area contributed by atoms with Gasteiger partial charge in [-0.15, -0.1) is 0 Å². The molecule has 4 aromatic rings. The number of fused-ring (bicyclic) bond motifs is 1. The lowest BCUT2D eigenvalue weighted by molar-refractivity contribution is -0.114. The number of para-hydroxylation sites is 1. The number of rotatable bonds is 3. The minimum absolute atomic E-state index is 0.0991. The summed E-state index contributed by atoms with van der Waals surface area (Å²) in [5.74, 6) is -0.0991. The van der Waals surface area contributed by atoms with Gasteiger partial charge in [-0.1, -0.05) is 41.9 Å². The van der Waals surface area contributed by atoms with Gasteiger partial charge in [-0.25, -0.2) is 9.97 Å². The van der Waals surface area contributed by atoms with E-state index in [0.29, 0.717) is 5.15 Å². The lowest BCUT2D eigenvalue weighted by Gasteiger charge is -2.04. The Bertz CT molecular complexity index is 1090. The van der Waals surface area contributed by atoms with Gasteiger partial charge in [-0.2, -0.15) is 0 Å². The van der Waals surface area contributed by atoms with E-state index in [4.69, 9.17) is 11.6 Å². The fraction of sp³-hybridized carbons (Fsp3) is 0.0500. The number of amides is 1. The van der Waals surface area contributed by atoms with E-state index >= 15 is 0 Å². The van der Waals surface area contributed by atoms with Crippen molar-refractivity contribution in [1.29, 1.82) is 0 Å². The van der Waals surface area contributed by atoms with Gasteiger partial charge in [0.05, 0.1) is 0 Å². The summed E-state index contributed by atoms with van der Waals surface area (Å²) in [7, 11) is 0. The number of anilines is 1. The molecular weight excluding hydrogens is 348 g/mol.